The molecule has 0 radical (unpaired) electrons. The third-order valence-electron chi connectivity index (χ3n) is 13.5. The zero-order valence-corrected chi connectivity index (χ0v) is 43.6. The number of nitrogens with one attached hydrogen (secondary N) is 4. The van der Waals surface area contributed by atoms with E-state index in [1.54, 1.807) is 48.5 Å². The fraction of sp³-hybridized carbons (Fsp3) is 0.556. The van der Waals surface area contributed by atoms with Gasteiger partial charge in [-0.05, 0) is 70.8 Å². The van der Waals surface area contributed by atoms with Crippen molar-refractivity contribution in [3.8, 4) is 23.0 Å². The van der Waals surface area contributed by atoms with Crippen LogP contribution in [-0.2, 0) is 0 Å². The van der Waals surface area contributed by atoms with Gasteiger partial charge in [0, 0.05) is 38.0 Å². The first-order chi connectivity index (χ1) is 37.5. The molecule has 24 heteroatoms. The van der Waals surface area contributed by atoms with Crippen molar-refractivity contribution >= 4 is 0 Å². The molecule has 20 N–H and O–H groups in total. The van der Waals surface area contributed by atoms with E-state index in [9.17, 15) is 81.7 Å². The molecule has 438 valence electrons. The van der Waals surface area contributed by atoms with Crippen molar-refractivity contribution in [3.05, 3.63) is 119 Å². The number of ether oxygens (including phenoxy) is 4. The Balaban J connectivity index is 1.71. The van der Waals surface area contributed by atoms with Gasteiger partial charge >= 0.3 is 0 Å². The Kier molecular flexibility index (Phi) is 27.9. The summed E-state index contributed by atoms with van der Waals surface area (Å²) in [7, 11) is 0. The van der Waals surface area contributed by atoms with E-state index < -0.39 is 138 Å². The van der Waals surface area contributed by atoms with Gasteiger partial charge in [0.2, 0.25) is 0 Å². The van der Waals surface area contributed by atoms with Crippen LogP contribution in [0, 0.1) is 0 Å². The molecule has 0 aliphatic carbocycles. The maximum atomic E-state index is 10.7. The number of β-amino-alcohol motifs (C(OH)–C–C–N with tert-alkyl or cyclic N) is 4. The summed E-state index contributed by atoms with van der Waals surface area (Å²) in [5.41, 5.74) is -2.41. The highest BCUT2D eigenvalue weighted by Gasteiger charge is 2.33. The van der Waals surface area contributed by atoms with Gasteiger partial charge in [0.1, 0.15) is 73.8 Å². The Bertz CT molecular complexity index is 1870. The smallest absolute Gasteiger partial charge is 0.119 e. The second-order valence-electron chi connectivity index (χ2n) is 19.6. The van der Waals surface area contributed by atoms with E-state index in [1.165, 1.54) is 0 Å². The van der Waals surface area contributed by atoms with Crippen molar-refractivity contribution in [1.29, 1.82) is 0 Å². The van der Waals surface area contributed by atoms with Gasteiger partial charge in [-0.15, -0.1) is 0 Å². The molecule has 0 fully saturated rings. The van der Waals surface area contributed by atoms with Crippen LogP contribution in [0.3, 0.4) is 0 Å². The molecule has 4 unspecified atom stereocenters. The molecule has 0 saturated heterocycles. The van der Waals surface area contributed by atoms with Crippen LogP contribution in [0.4, 0.5) is 0 Å². The Morgan fingerprint density at radius 2 is 0.423 bits per heavy atom. The maximum Gasteiger partial charge on any atom is 0.119 e. The fourth-order valence-electron chi connectivity index (χ4n) is 7.85. The molecule has 0 bridgehead atoms. The van der Waals surface area contributed by atoms with Gasteiger partial charge in [-0.2, -0.15) is 0 Å². The van der Waals surface area contributed by atoms with Gasteiger partial charge in [0.15, 0.2) is 0 Å². The van der Waals surface area contributed by atoms with Crippen molar-refractivity contribution < 1.29 is 101 Å². The number of aliphatic hydroxyl groups excluding tert-OH is 16. The molecule has 0 spiro atoms. The lowest BCUT2D eigenvalue weighted by Gasteiger charge is -2.31. The van der Waals surface area contributed by atoms with Crippen LogP contribution in [0.25, 0.3) is 0 Å². The molecule has 0 aliphatic heterocycles. The summed E-state index contributed by atoms with van der Waals surface area (Å²) in [4.78, 5) is 0. The minimum atomic E-state index is -1.40. The van der Waals surface area contributed by atoms with Crippen LogP contribution in [0.2, 0.25) is 0 Å². The molecule has 4 rings (SSSR count). The topological polar surface area (TPSA) is 409 Å². The molecular formula is C54H82N4O20. The number of hydrogen-bond acceptors (Lipinski definition) is 24. The van der Waals surface area contributed by atoms with E-state index in [4.69, 9.17) is 18.9 Å². The van der Waals surface area contributed by atoms with Gasteiger partial charge < -0.3 is 122 Å². The number of aliphatic hydroxyl groups is 16. The van der Waals surface area contributed by atoms with Crippen molar-refractivity contribution in [2.75, 3.05) is 132 Å². The highest BCUT2D eigenvalue weighted by molar-refractivity contribution is 5.48. The van der Waals surface area contributed by atoms with E-state index in [0.717, 1.165) is 22.3 Å². The number of rotatable bonds is 41. The minimum absolute atomic E-state index is 0.110. The highest BCUT2D eigenvalue weighted by Crippen LogP contribution is 2.44. The zero-order valence-electron chi connectivity index (χ0n) is 43.6. The standard InChI is InChI=1S/C54H82N4O20/c59-25-51(26-60,27-61)55-17-41(71)21-75-45-9-1-37(2-10-45)49(38-3-11-46(12-4-38)76-22-42(72)18-56-52(28-62,29-63)30-64)50(39-5-13-47(14-6-39)77-23-43(73)19-57-53(31-65,32-66)33-67)40-7-15-48(16-8-40)78-24-44(74)20-58-54(34-68,35-69)36-70/h1-16,41-44,49-50,55-74H,17-36H2. The average Bonchev–Trinajstić information content (AvgIpc) is 3.52. The van der Waals surface area contributed by atoms with Crippen molar-refractivity contribution in [2.24, 2.45) is 0 Å². The zero-order chi connectivity index (χ0) is 57.2. The predicted octanol–water partition coefficient (Wildman–Crippen LogP) is -5.17. The molecular weight excluding hydrogens is 1020 g/mol. The molecule has 24 nitrogen and oxygen atoms in total. The highest BCUT2D eigenvalue weighted by atomic mass is 16.5. The Morgan fingerprint density at radius 1 is 0.269 bits per heavy atom. The lowest BCUT2D eigenvalue weighted by atomic mass is 9.73. The number of hydrogen-bond donors (Lipinski definition) is 20. The SMILES string of the molecule is OCC(CO)(CO)NCC(O)COc1ccc(C(c2ccc(OCC(O)CNC(CO)(CO)CO)cc2)C(c2ccc(OCC(O)CNC(CO)(CO)CO)cc2)c2ccc(OCC(O)CNC(CO)(CO)CO)cc2)cc1. The molecule has 4 aromatic rings. The first-order valence-electron chi connectivity index (χ1n) is 25.5. The third kappa shape index (κ3) is 19.2. The van der Waals surface area contributed by atoms with Gasteiger partial charge in [-0.3, -0.25) is 0 Å². The first-order valence-corrected chi connectivity index (χ1v) is 25.5. The summed E-state index contributed by atoms with van der Waals surface area (Å²) in [5, 5.41) is 170. The molecule has 0 aromatic heterocycles. The molecule has 4 aromatic carbocycles. The lowest BCUT2D eigenvalue weighted by molar-refractivity contribution is 0.0257. The maximum absolute atomic E-state index is 10.7. The Labute approximate surface area is 453 Å². The molecule has 0 amide bonds. The number of benzene rings is 4. The molecule has 4 atom stereocenters. The molecule has 78 heavy (non-hydrogen) atoms. The summed E-state index contributed by atoms with van der Waals surface area (Å²) >= 11 is 0. The van der Waals surface area contributed by atoms with E-state index >= 15 is 0 Å². The van der Waals surface area contributed by atoms with Crippen molar-refractivity contribution in [2.45, 2.75) is 58.4 Å². The monoisotopic (exact) mass is 1110 g/mol. The minimum Gasteiger partial charge on any atom is -0.491 e. The van der Waals surface area contributed by atoms with Gasteiger partial charge in [-0.1, -0.05) is 48.5 Å². The molecule has 0 heterocycles. The average molecular weight is 1110 g/mol. The van der Waals surface area contributed by atoms with Crippen LogP contribution < -0.4 is 40.2 Å². The van der Waals surface area contributed by atoms with Crippen molar-refractivity contribution in [3.63, 3.8) is 0 Å². The fourth-order valence-corrected chi connectivity index (χ4v) is 7.85. The van der Waals surface area contributed by atoms with Gasteiger partial charge in [0.05, 0.1) is 101 Å². The van der Waals surface area contributed by atoms with Gasteiger partial charge in [-0.25, -0.2) is 0 Å². The predicted molar refractivity (Wildman–Crippen MR) is 283 cm³/mol. The second-order valence-corrected chi connectivity index (χ2v) is 19.6. The van der Waals surface area contributed by atoms with E-state index in [0.29, 0.717) is 23.0 Å². The summed E-state index contributed by atoms with van der Waals surface area (Å²) < 4.78 is 23.7. The van der Waals surface area contributed by atoms with Crippen LogP contribution >= 0.6 is 0 Å². The van der Waals surface area contributed by atoms with Crippen LogP contribution in [-0.4, -0.2) is 260 Å². The summed E-state index contributed by atoms with van der Waals surface area (Å²) in [6.07, 6.45) is -4.37. The quantitative estimate of drug-likeness (QED) is 0.0198. The first kappa shape index (κ1) is 65.8. The normalized spacial score (nSPS) is 14.8. The van der Waals surface area contributed by atoms with Crippen LogP contribution in [0.5, 0.6) is 23.0 Å². The van der Waals surface area contributed by atoms with Crippen LogP contribution in [0.15, 0.2) is 97.1 Å². The lowest BCUT2D eigenvalue weighted by Crippen LogP contribution is -2.57. The van der Waals surface area contributed by atoms with Gasteiger partial charge in [0.25, 0.3) is 0 Å². The van der Waals surface area contributed by atoms with Crippen molar-refractivity contribution in [1.82, 2.24) is 21.3 Å². The van der Waals surface area contributed by atoms with E-state index in [2.05, 4.69) is 21.3 Å². The van der Waals surface area contributed by atoms with Crippen LogP contribution in [0.1, 0.15) is 34.1 Å². The summed E-state index contributed by atoms with van der Waals surface area (Å²) in [6, 6.07) is 28.8. The molecule has 0 aliphatic rings. The Hall–Kier alpha value is -4.72. The Morgan fingerprint density at radius 3 is 0.564 bits per heavy atom. The van der Waals surface area contributed by atoms with E-state index in [1.807, 2.05) is 48.5 Å². The third-order valence-corrected chi connectivity index (χ3v) is 13.5. The molecule has 0 saturated carbocycles. The largest absolute Gasteiger partial charge is 0.491 e. The summed E-state index contributed by atoms with van der Waals surface area (Å²) in [6.45, 7) is -8.01. The van der Waals surface area contributed by atoms with E-state index in [-0.39, 0.29) is 52.6 Å². The summed E-state index contributed by atoms with van der Waals surface area (Å²) in [5.74, 6) is 0.634. The second kappa shape index (κ2) is 33.1.